The van der Waals surface area contributed by atoms with Gasteiger partial charge in [0, 0.05) is 37.0 Å². The normalized spacial score (nSPS) is 20.7. The Morgan fingerprint density at radius 1 is 1.35 bits per heavy atom. The molecule has 0 radical (unpaired) electrons. The minimum atomic E-state index is -0.741. The van der Waals surface area contributed by atoms with Gasteiger partial charge in [0.25, 0.3) is 5.91 Å². The van der Waals surface area contributed by atoms with Crippen molar-refractivity contribution in [2.24, 2.45) is 0 Å². The average Bonchev–Trinajstić information content (AvgIpc) is 3.13. The van der Waals surface area contributed by atoms with E-state index in [0.717, 1.165) is 25.1 Å². The maximum absolute atomic E-state index is 12.5. The summed E-state index contributed by atoms with van der Waals surface area (Å²) in [5, 5.41) is 5.11. The highest BCUT2D eigenvalue weighted by Gasteiger charge is 2.31. The third-order valence-corrected chi connectivity index (χ3v) is 6.24. The van der Waals surface area contributed by atoms with Gasteiger partial charge >= 0.3 is 5.97 Å². The van der Waals surface area contributed by atoms with Gasteiger partial charge in [-0.1, -0.05) is 18.2 Å². The zero-order valence-electron chi connectivity index (χ0n) is 14.7. The van der Waals surface area contributed by atoms with Crippen LogP contribution in [0.2, 0.25) is 0 Å². The summed E-state index contributed by atoms with van der Waals surface area (Å²) >= 11 is 1.83. The van der Waals surface area contributed by atoms with Crippen molar-refractivity contribution in [3.63, 3.8) is 0 Å². The van der Waals surface area contributed by atoms with E-state index in [1.165, 1.54) is 10.4 Å². The van der Waals surface area contributed by atoms with Crippen LogP contribution < -0.4 is 5.32 Å². The summed E-state index contributed by atoms with van der Waals surface area (Å²) in [6, 6.07) is 9.73. The van der Waals surface area contributed by atoms with E-state index in [0.29, 0.717) is 18.5 Å². The van der Waals surface area contributed by atoms with Crippen molar-refractivity contribution in [2.45, 2.75) is 38.5 Å². The lowest BCUT2D eigenvalue weighted by Gasteiger charge is -2.33. The molecule has 3 heterocycles. The summed E-state index contributed by atoms with van der Waals surface area (Å²) in [7, 11) is 0. The Morgan fingerprint density at radius 3 is 3.08 bits per heavy atom. The van der Waals surface area contributed by atoms with Gasteiger partial charge in [-0.25, -0.2) is 4.79 Å². The SMILES string of the molecule is CC(CNC(=O)C1Cc2ccccc2C(=O)O1)N1CCc2sccc2C1. The van der Waals surface area contributed by atoms with Crippen molar-refractivity contribution < 1.29 is 14.3 Å². The molecule has 26 heavy (non-hydrogen) atoms. The van der Waals surface area contributed by atoms with Crippen molar-refractivity contribution in [1.29, 1.82) is 0 Å². The van der Waals surface area contributed by atoms with Crippen LogP contribution in [0.15, 0.2) is 35.7 Å². The molecule has 1 aromatic carbocycles. The Kier molecular flexibility index (Phi) is 4.78. The second kappa shape index (κ2) is 7.21. The number of rotatable bonds is 4. The number of carbonyl (C=O) groups excluding carboxylic acids is 2. The number of fused-ring (bicyclic) bond motifs is 2. The van der Waals surface area contributed by atoms with Crippen LogP contribution in [0.3, 0.4) is 0 Å². The van der Waals surface area contributed by atoms with Crippen molar-refractivity contribution in [1.82, 2.24) is 10.2 Å². The fraction of sp³-hybridized carbons (Fsp3) is 0.400. The maximum Gasteiger partial charge on any atom is 0.339 e. The highest BCUT2D eigenvalue weighted by molar-refractivity contribution is 7.10. The molecule has 0 bridgehead atoms. The Morgan fingerprint density at radius 2 is 2.19 bits per heavy atom. The molecule has 0 saturated carbocycles. The van der Waals surface area contributed by atoms with E-state index in [9.17, 15) is 9.59 Å². The van der Waals surface area contributed by atoms with Crippen LogP contribution in [0, 0.1) is 0 Å². The summed E-state index contributed by atoms with van der Waals surface area (Å²) in [6.45, 7) is 4.62. The smallest absolute Gasteiger partial charge is 0.339 e. The van der Waals surface area contributed by atoms with Gasteiger partial charge in [-0.3, -0.25) is 9.69 Å². The number of hydrogen-bond acceptors (Lipinski definition) is 5. The molecule has 2 unspecified atom stereocenters. The van der Waals surface area contributed by atoms with Crippen LogP contribution in [0.25, 0.3) is 0 Å². The predicted octanol–water partition coefficient (Wildman–Crippen LogP) is 2.39. The van der Waals surface area contributed by atoms with Crippen LogP contribution in [-0.2, 0) is 28.9 Å². The van der Waals surface area contributed by atoms with Crippen molar-refractivity contribution in [3.05, 3.63) is 57.3 Å². The lowest BCUT2D eigenvalue weighted by Crippen LogP contribution is -2.48. The van der Waals surface area contributed by atoms with Gasteiger partial charge in [-0.2, -0.15) is 0 Å². The van der Waals surface area contributed by atoms with Gasteiger partial charge in [-0.15, -0.1) is 11.3 Å². The number of cyclic esters (lactones) is 1. The molecule has 1 aromatic heterocycles. The molecule has 4 rings (SSSR count). The molecule has 0 fully saturated rings. The summed E-state index contributed by atoms with van der Waals surface area (Å²) in [6.07, 6.45) is 0.765. The molecule has 1 amide bonds. The lowest BCUT2D eigenvalue weighted by atomic mass is 9.98. The second-order valence-corrected chi connectivity index (χ2v) is 7.94. The Hall–Kier alpha value is -2.18. The molecule has 0 spiro atoms. The summed E-state index contributed by atoms with van der Waals surface area (Å²) in [5.74, 6) is -0.631. The maximum atomic E-state index is 12.5. The minimum Gasteiger partial charge on any atom is -0.448 e. The van der Waals surface area contributed by atoms with Gasteiger partial charge in [0.15, 0.2) is 6.10 Å². The highest BCUT2D eigenvalue weighted by atomic mass is 32.1. The van der Waals surface area contributed by atoms with Gasteiger partial charge in [0.05, 0.1) is 5.56 Å². The number of nitrogens with one attached hydrogen (secondary N) is 1. The van der Waals surface area contributed by atoms with E-state index in [1.54, 1.807) is 12.1 Å². The van der Waals surface area contributed by atoms with E-state index in [2.05, 4.69) is 28.6 Å². The molecule has 1 N–H and O–H groups in total. The molecule has 2 aromatic rings. The van der Waals surface area contributed by atoms with Crippen LogP contribution in [0.5, 0.6) is 0 Å². The molecular formula is C20H22N2O3S. The predicted molar refractivity (Wildman–Crippen MR) is 100 cm³/mol. The van der Waals surface area contributed by atoms with Crippen molar-refractivity contribution in [3.8, 4) is 0 Å². The molecular weight excluding hydrogens is 348 g/mol. The summed E-state index contributed by atoms with van der Waals surface area (Å²) < 4.78 is 5.33. The number of benzene rings is 1. The molecule has 0 aliphatic carbocycles. The molecule has 136 valence electrons. The fourth-order valence-corrected chi connectivity index (χ4v) is 4.51. The Balaban J connectivity index is 1.32. The van der Waals surface area contributed by atoms with Gasteiger partial charge in [0.2, 0.25) is 0 Å². The number of nitrogens with zero attached hydrogens (tertiary/aromatic N) is 1. The fourth-order valence-electron chi connectivity index (χ4n) is 3.62. The molecule has 2 aliphatic rings. The third-order valence-electron chi connectivity index (χ3n) is 5.22. The number of esters is 1. The largest absolute Gasteiger partial charge is 0.448 e. The molecule has 0 saturated heterocycles. The monoisotopic (exact) mass is 370 g/mol. The van der Waals surface area contributed by atoms with E-state index < -0.39 is 12.1 Å². The third kappa shape index (κ3) is 3.39. The first-order chi connectivity index (χ1) is 12.6. The first-order valence-electron chi connectivity index (χ1n) is 8.97. The zero-order valence-corrected chi connectivity index (χ0v) is 15.6. The first kappa shape index (κ1) is 17.2. The van der Waals surface area contributed by atoms with E-state index in [1.807, 2.05) is 23.5 Å². The molecule has 2 aliphatic heterocycles. The zero-order chi connectivity index (χ0) is 18.1. The average molecular weight is 370 g/mol. The first-order valence-corrected chi connectivity index (χ1v) is 9.85. The van der Waals surface area contributed by atoms with Crippen LogP contribution in [0.1, 0.15) is 33.3 Å². The summed E-state index contributed by atoms with van der Waals surface area (Å²) in [5.41, 5.74) is 2.83. The molecule has 5 nitrogen and oxygen atoms in total. The topological polar surface area (TPSA) is 58.6 Å². The quantitative estimate of drug-likeness (QED) is 0.840. The van der Waals surface area contributed by atoms with E-state index in [-0.39, 0.29) is 11.9 Å². The molecule has 6 heteroatoms. The van der Waals surface area contributed by atoms with Gasteiger partial charge in [0.1, 0.15) is 0 Å². The van der Waals surface area contributed by atoms with Crippen LogP contribution in [-0.4, -0.2) is 42.0 Å². The number of carbonyl (C=O) groups is 2. The second-order valence-electron chi connectivity index (χ2n) is 6.94. The number of amides is 1. The minimum absolute atomic E-state index is 0.215. The van der Waals surface area contributed by atoms with Crippen molar-refractivity contribution >= 4 is 23.2 Å². The highest BCUT2D eigenvalue weighted by Crippen LogP contribution is 2.25. The number of hydrogen-bond donors (Lipinski definition) is 1. The number of thiophene rings is 1. The Labute approximate surface area is 157 Å². The van der Waals surface area contributed by atoms with E-state index in [4.69, 9.17) is 4.74 Å². The van der Waals surface area contributed by atoms with E-state index >= 15 is 0 Å². The van der Waals surface area contributed by atoms with Crippen LogP contribution >= 0.6 is 11.3 Å². The lowest BCUT2D eigenvalue weighted by molar-refractivity contribution is -0.130. The van der Waals surface area contributed by atoms with Gasteiger partial charge in [-0.05, 0) is 42.0 Å². The van der Waals surface area contributed by atoms with Crippen LogP contribution in [0.4, 0.5) is 0 Å². The van der Waals surface area contributed by atoms with Crippen molar-refractivity contribution in [2.75, 3.05) is 13.1 Å². The number of ether oxygens (including phenoxy) is 1. The Bertz CT molecular complexity index is 832. The standard InChI is InChI=1S/C20H22N2O3S/c1-13(22-8-6-18-15(12-22)7-9-26-18)11-21-19(23)17-10-14-4-2-3-5-16(14)20(24)25-17/h2-5,7,9,13,17H,6,8,10-12H2,1H3,(H,21,23). The summed E-state index contributed by atoms with van der Waals surface area (Å²) in [4.78, 5) is 28.4. The van der Waals surface area contributed by atoms with Gasteiger partial charge < -0.3 is 10.1 Å². The molecule has 2 atom stereocenters.